The molecule has 0 spiro atoms. The number of hydrogen-bond donors (Lipinski definition) is 2. The van der Waals surface area contributed by atoms with Gasteiger partial charge in [-0.1, -0.05) is 38.0 Å². The van der Waals surface area contributed by atoms with Crippen molar-refractivity contribution in [1.29, 1.82) is 0 Å². The fourth-order valence-electron chi connectivity index (χ4n) is 4.51. The molecule has 9 heteroatoms. The summed E-state index contributed by atoms with van der Waals surface area (Å²) >= 11 is 1.50. The molecule has 0 bridgehead atoms. The predicted octanol–water partition coefficient (Wildman–Crippen LogP) is 4.46. The Morgan fingerprint density at radius 1 is 1.27 bits per heavy atom. The summed E-state index contributed by atoms with van der Waals surface area (Å²) in [5.41, 5.74) is 2.67. The van der Waals surface area contributed by atoms with Gasteiger partial charge in [0.1, 0.15) is 5.82 Å². The molecule has 1 aliphatic heterocycles. The number of para-hydroxylation sites is 1. The zero-order valence-corrected chi connectivity index (χ0v) is 23.2. The first-order valence-corrected chi connectivity index (χ1v) is 14.0. The maximum absolute atomic E-state index is 10.8. The standard InChI is InChI=1S/C15H22N2.C13H19N5OS/c1-3-4-7-13(16-2)10-12-11-17-15-9-6-5-8-14(12)15;1-14-9-12(10-19)20-11-17-5-7-18(8-6-17)13-3-4-15-16(13)2/h5-6,8-9,11,13,16-17H,3-4,7,10H2,1-2H3;3-4,9-10H,1,5-8,11H2,2H3/b;12-9-. The number of piperazine rings is 1. The summed E-state index contributed by atoms with van der Waals surface area (Å²) in [6.07, 6.45) is 11.2. The number of anilines is 1. The van der Waals surface area contributed by atoms with Crippen LogP contribution in [0.2, 0.25) is 0 Å². The Bertz CT molecular complexity index is 1130. The number of unbranched alkanes of at least 4 members (excludes halogenated alkanes) is 1. The van der Waals surface area contributed by atoms with Crippen molar-refractivity contribution in [1.82, 2.24) is 25.0 Å². The number of H-pyrrole nitrogens is 1. The van der Waals surface area contributed by atoms with Gasteiger partial charge in [0, 0.05) is 74.5 Å². The van der Waals surface area contributed by atoms with Crippen molar-refractivity contribution >= 4 is 41.5 Å². The van der Waals surface area contributed by atoms with E-state index in [1.807, 2.05) is 24.0 Å². The topological polar surface area (TPSA) is 81.6 Å². The van der Waals surface area contributed by atoms with Gasteiger partial charge in [-0.05, 0) is 38.2 Å². The highest BCUT2D eigenvalue weighted by atomic mass is 32.2. The van der Waals surface area contributed by atoms with E-state index in [4.69, 9.17) is 0 Å². The van der Waals surface area contributed by atoms with Gasteiger partial charge in [0.15, 0.2) is 6.29 Å². The molecule has 3 heterocycles. The largest absolute Gasteiger partial charge is 0.361 e. The van der Waals surface area contributed by atoms with Crippen molar-refractivity contribution in [2.24, 2.45) is 12.0 Å². The van der Waals surface area contributed by atoms with Crippen molar-refractivity contribution in [2.75, 3.05) is 44.0 Å². The summed E-state index contributed by atoms with van der Waals surface area (Å²) in [4.78, 5) is 23.1. The normalized spacial score (nSPS) is 15.3. The molecule has 1 unspecified atom stereocenters. The zero-order chi connectivity index (χ0) is 26.5. The van der Waals surface area contributed by atoms with Crippen LogP contribution in [0, 0.1) is 0 Å². The molecular formula is C28H41N7OS. The number of rotatable bonds is 12. The molecule has 3 aromatic rings. The van der Waals surface area contributed by atoms with E-state index in [1.54, 1.807) is 0 Å². The fraction of sp³-hybridized carbons (Fsp3) is 0.464. The average molecular weight is 524 g/mol. The predicted molar refractivity (Wildman–Crippen MR) is 158 cm³/mol. The van der Waals surface area contributed by atoms with Gasteiger partial charge < -0.3 is 15.2 Å². The number of aromatic amines is 1. The number of allylic oxidation sites excluding steroid dienone is 1. The highest BCUT2D eigenvalue weighted by Crippen LogP contribution is 2.21. The van der Waals surface area contributed by atoms with Crippen molar-refractivity contribution in [3.63, 3.8) is 0 Å². The van der Waals surface area contributed by atoms with Gasteiger partial charge in [-0.3, -0.25) is 19.4 Å². The zero-order valence-electron chi connectivity index (χ0n) is 22.4. The van der Waals surface area contributed by atoms with Crippen LogP contribution < -0.4 is 10.2 Å². The van der Waals surface area contributed by atoms with Crippen molar-refractivity contribution in [3.05, 3.63) is 59.4 Å². The molecule has 1 saturated heterocycles. The first kappa shape index (κ1) is 28.7. The molecule has 8 nitrogen and oxygen atoms in total. The lowest BCUT2D eigenvalue weighted by Gasteiger charge is -2.35. The lowest BCUT2D eigenvalue weighted by molar-refractivity contribution is -0.104. The number of likely N-dealkylation sites (N-methyl/N-ethyl adjacent to an activating group) is 1. The first-order valence-electron chi connectivity index (χ1n) is 13.0. The maximum atomic E-state index is 10.8. The Kier molecular flexibility index (Phi) is 11.9. The molecule has 37 heavy (non-hydrogen) atoms. The third-order valence-corrected chi connectivity index (χ3v) is 7.72. The van der Waals surface area contributed by atoms with E-state index >= 15 is 0 Å². The van der Waals surface area contributed by atoms with Crippen LogP contribution in [0.3, 0.4) is 0 Å². The number of benzene rings is 1. The Morgan fingerprint density at radius 2 is 2.05 bits per heavy atom. The number of carbonyl (C=O) groups is 1. The molecule has 2 N–H and O–H groups in total. The number of fused-ring (bicyclic) bond motifs is 1. The number of thioether (sulfide) groups is 1. The summed E-state index contributed by atoms with van der Waals surface area (Å²) in [6.45, 7) is 9.51. The number of aromatic nitrogens is 3. The van der Waals surface area contributed by atoms with Crippen LogP contribution >= 0.6 is 11.8 Å². The van der Waals surface area contributed by atoms with Crippen LogP contribution in [0.4, 0.5) is 5.82 Å². The number of carbonyl (C=O) groups excluding carboxylic acids is 1. The Labute approximate surface area is 225 Å². The third kappa shape index (κ3) is 8.59. The smallest absolute Gasteiger partial charge is 0.157 e. The molecule has 0 radical (unpaired) electrons. The summed E-state index contributed by atoms with van der Waals surface area (Å²) in [5, 5.41) is 8.99. The van der Waals surface area contributed by atoms with Gasteiger partial charge in [0.2, 0.25) is 0 Å². The van der Waals surface area contributed by atoms with Crippen molar-refractivity contribution in [3.8, 4) is 0 Å². The maximum Gasteiger partial charge on any atom is 0.157 e. The Hall–Kier alpha value is -2.88. The average Bonchev–Trinajstić information content (AvgIpc) is 3.55. The van der Waals surface area contributed by atoms with Crippen LogP contribution in [0.25, 0.3) is 10.9 Å². The van der Waals surface area contributed by atoms with Crippen LogP contribution in [0.15, 0.2) is 58.8 Å². The molecule has 0 amide bonds. The fourth-order valence-corrected chi connectivity index (χ4v) is 5.31. The molecule has 2 aromatic heterocycles. The van der Waals surface area contributed by atoms with Crippen LogP contribution in [0.5, 0.6) is 0 Å². The number of aliphatic imine (C=N–C) groups is 1. The van der Waals surface area contributed by atoms with Crippen LogP contribution in [-0.4, -0.2) is 77.8 Å². The third-order valence-electron chi connectivity index (χ3n) is 6.70. The van der Waals surface area contributed by atoms with E-state index in [1.165, 1.54) is 53.7 Å². The Morgan fingerprint density at radius 3 is 2.70 bits per heavy atom. The quantitative estimate of drug-likeness (QED) is 0.207. The number of aldehydes is 1. The molecule has 0 aliphatic carbocycles. The van der Waals surface area contributed by atoms with Gasteiger partial charge in [0.05, 0.1) is 11.1 Å². The second kappa shape index (κ2) is 15.4. The van der Waals surface area contributed by atoms with Gasteiger partial charge in [-0.25, -0.2) is 0 Å². The van der Waals surface area contributed by atoms with Gasteiger partial charge >= 0.3 is 0 Å². The molecule has 1 fully saturated rings. The highest BCUT2D eigenvalue weighted by molar-refractivity contribution is 8.03. The number of nitrogens with one attached hydrogen (secondary N) is 2. The van der Waals surface area contributed by atoms with Gasteiger partial charge in [-0.15, -0.1) is 11.8 Å². The van der Waals surface area contributed by atoms with E-state index in [9.17, 15) is 4.79 Å². The molecule has 200 valence electrons. The van der Waals surface area contributed by atoms with Crippen LogP contribution in [0.1, 0.15) is 31.7 Å². The molecular weight excluding hydrogens is 482 g/mol. The molecule has 1 aliphatic rings. The van der Waals surface area contributed by atoms with E-state index in [2.05, 4.69) is 81.3 Å². The highest BCUT2D eigenvalue weighted by Gasteiger charge is 2.19. The summed E-state index contributed by atoms with van der Waals surface area (Å²) in [7, 11) is 4.02. The lowest BCUT2D eigenvalue weighted by Crippen LogP contribution is -2.46. The number of nitrogens with zero attached hydrogens (tertiary/aromatic N) is 5. The second-order valence-corrected chi connectivity index (χ2v) is 10.2. The SMILES string of the molecule is C=N/C=C(/C=O)SCN1CCN(c2ccnn2C)CC1.CCCCC(Cc1c[nH]c2ccccc12)NC. The summed E-state index contributed by atoms with van der Waals surface area (Å²) in [5.74, 6) is 1.96. The second-order valence-electron chi connectivity index (χ2n) is 9.21. The van der Waals surface area contributed by atoms with Crippen LogP contribution in [-0.2, 0) is 18.3 Å². The van der Waals surface area contributed by atoms with Crippen molar-refractivity contribution in [2.45, 2.75) is 38.6 Å². The Balaban J connectivity index is 0.000000208. The van der Waals surface area contributed by atoms with Crippen molar-refractivity contribution < 1.29 is 4.79 Å². The minimum Gasteiger partial charge on any atom is -0.361 e. The van der Waals surface area contributed by atoms with E-state index in [0.29, 0.717) is 10.9 Å². The number of aryl methyl sites for hydroxylation is 1. The van der Waals surface area contributed by atoms with E-state index < -0.39 is 0 Å². The first-order chi connectivity index (χ1) is 18.1. The molecule has 4 rings (SSSR count). The number of hydrogen-bond acceptors (Lipinski definition) is 7. The molecule has 1 atom stereocenters. The lowest BCUT2D eigenvalue weighted by atomic mass is 10.0. The monoisotopic (exact) mass is 523 g/mol. The van der Waals surface area contributed by atoms with Gasteiger partial charge in [0.25, 0.3) is 0 Å². The molecule has 0 saturated carbocycles. The summed E-state index contributed by atoms with van der Waals surface area (Å²) in [6, 6.07) is 11.2. The minimum atomic E-state index is 0.592. The van der Waals surface area contributed by atoms with Gasteiger partial charge in [-0.2, -0.15) is 5.10 Å². The summed E-state index contributed by atoms with van der Waals surface area (Å²) < 4.78 is 1.90. The molecule has 1 aromatic carbocycles. The van der Waals surface area contributed by atoms with E-state index in [0.717, 1.165) is 50.6 Å². The minimum absolute atomic E-state index is 0.592. The van der Waals surface area contributed by atoms with E-state index in [-0.39, 0.29) is 0 Å².